The molecule has 0 amide bonds. The van der Waals surface area contributed by atoms with Crippen molar-refractivity contribution in [2.24, 2.45) is 0 Å². The van der Waals surface area contributed by atoms with E-state index in [4.69, 9.17) is 16.3 Å². The number of anilines is 1. The minimum atomic E-state index is -0.0845. The van der Waals surface area contributed by atoms with Gasteiger partial charge in [-0.15, -0.1) is 0 Å². The average molecular weight is 246 g/mol. The number of nitrogens with two attached hydrogens (primary N) is 1. The van der Waals surface area contributed by atoms with Crippen molar-refractivity contribution in [3.05, 3.63) is 41.1 Å². The third-order valence-corrected chi connectivity index (χ3v) is 2.47. The minimum absolute atomic E-state index is 0.00644. The molecule has 0 radical (unpaired) electrons. The van der Waals surface area contributed by atoms with Gasteiger partial charge in [-0.1, -0.05) is 6.07 Å². The lowest BCUT2D eigenvalue weighted by atomic mass is 10.0. The third-order valence-electron chi connectivity index (χ3n) is 2.47. The van der Waals surface area contributed by atoms with Gasteiger partial charge in [0.2, 0.25) is 0 Å². The summed E-state index contributed by atoms with van der Waals surface area (Å²) in [6.07, 6.45) is 1.54. The molecule has 2 N–H and O–H groups in total. The average Bonchev–Trinajstić information content (AvgIpc) is 2.46. The van der Waals surface area contributed by atoms with E-state index < -0.39 is 0 Å². The molecule has 19 heavy (non-hydrogen) atoms. The van der Waals surface area contributed by atoms with E-state index in [2.05, 4.69) is 9.97 Å². The summed E-state index contributed by atoms with van der Waals surface area (Å²) in [5, 5.41) is 27.3. The van der Waals surface area contributed by atoms with Gasteiger partial charge in [-0.25, -0.2) is 4.98 Å². The molecule has 0 saturated carbocycles. The predicted octanol–water partition coefficient (Wildman–Crippen LogP) is 1.34. The van der Waals surface area contributed by atoms with Gasteiger partial charge in [-0.05, 0) is 12.1 Å². The van der Waals surface area contributed by atoms with Crippen LogP contribution in [0.25, 0.3) is 11.4 Å². The van der Waals surface area contributed by atoms with Gasteiger partial charge in [0.15, 0.2) is 0 Å². The lowest BCUT2D eigenvalue weighted by Crippen LogP contribution is -2.04. The molecule has 0 aliphatic carbocycles. The molecule has 2 rings (SSSR count). The molecule has 0 bridgehead atoms. The Hall–Kier alpha value is -3.43. The SMILES string of the molecule is N#Cc1c(N)nc(-c2ccccn2)c(C#N)c1C#N. The Labute approximate surface area is 109 Å². The van der Waals surface area contributed by atoms with E-state index in [-0.39, 0.29) is 28.2 Å². The summed E-state index contributed by atoms with van der Waals surface area (Å²) >= 11 is 0. The number of aromatic nitrogens is 2. The highest BCUT2D eigenvalue weighted by atomic mass is 14.9. The lowest BCUT2D eigenvalue weighted by Gasteiger charge is -2.07. The van der Waals surface area contributed by atoms with Crippen molar-refractivity contribution in [3.63, 3.8) is 0 Å². The lowest BCUT2D eigenvalue weighted by molar-refractivity contribution is 1.22. The Morgan fingerprint density at radius 1 is 0.947 bits per heavy atom. The van der Waals surface area contributed by atoms with E-state index in [0.717, 1.165) is 0 Å². The standard InChI is InChI=1S/C13H6N6/c14-5-8-9(6-15)12(11-3-1-2-4-18-11)19-13(17)10(8)7-16/h1-4H,(H2,17,19). The topological polar surface area (TPSA) is 123 Å². The fraction of sp³-hybridized carbons (Fsp3) is 0. The van der Waals surface area contributed by atoms with Crippen LogP contribution in [0.15, 0.2) is 24.4 Å². The molecule has 0 spiro atoms. The summed E-state index contributed by atoms with van der Waals surface area (Å²) in [5.41, 5.74) is 6.13. The summed E-state index contributed by atoms with van der Waals surface area (Å²) in [4.78, 5) is 8.08. The molecule has 0 aromatic carbocycles. The van der Waals surface area contributed by atoms with Gasteiger partial charge >= 0.3 is 0 Å². The Morgan fingerprint density at radius 3 is 2.16 bits per heavy atom. The molecule has 0 saturated heterocycles. The van der Waals surface area contributed by atoms with Gasteiger partial charge in [0, 0.05) is 6.20 Å². The van der Waals surface area contributed by atoms with E-state index in [1.165, 1.54) is 0 Å². The Bertz CT molecular complexity index is 759. The maximum absolute atomic E-state index is 9.18. The van der Waals surface area contributed by atoms with Crippen LogP contribution in [0.2, 0.25) is 0 Å². The van der Waals surface area contributed by atoms with Crippen molar-refractivity contribution < 1.29 is 0 Å². The molecular weight excluding hydrogens is 240 g/mol. The van der Waals surface area contributed by atoms with Gasteiger partial charge < -0.3 is 5.73 Å². The first-order chi connectivity index (χ1) is 9.22. The van der Waals surface area contributed by atoms with E-state index in [1.54, 1.807) is 30.5 Å². The van der Waals surface area contributed by atoms with Crippen LogP contribution in [-0.4, -0.2) is 9.97 Å². The van der Waals surface area contributed by atoms with Crippen LogP contribution < -0.4 is 5.73 Å². The summed E-state index contributed by atoms with van der Waals surface area (Å²) < 4.78 is 0. The number of nitrogens with zero attached hydrogens (tertiary/aromatic N) is 5. The molecule has 6 heteroatoms. The molecule has 0 aliphatic heterocycles. The molecule has 88 valence electrons. The summed E-state index contributed by atoms with van der Waals surface area (Å²) in [6, 6.07) is 10.6. The molecule has 2 aromatic heterocycles. The Kier molecular flexibility index (Phi) is 3.06. The maximum atomic E-state index is 9.18. The van der Waals surface area contributed by atoms with Gasteiger partial charge in [-0.3, -0.25) is 4.98 Å². The highest BCUT2D eigenvalue weighted by molar-refractivity contribution is 5.74. The second-order valence-corrected chi connectivity index (χ2v) is 3.52. The van der Waals surface area contributed by atoms with E-state index in [0.29, 0.717) is 5.69 Å². The van der Waals surface area contributed by atoms with Crippen LogP contribution in [0.3, 0.4) is 0 Å². The van der Waals surface area contributed by atoms with Crippen molar-refractivity contribution in [1.29, 1.82) is 15.8 Å². The molecule has 0 unspecified atom stereocenters. The Morgan fingerprint density at radius 2 is 1.63 bits per heavy atom. The van der Waals surface area contributed by atoms with Gasteiger partial charge in [0.05, 0.1) is 16.8 Å². The second kappa shape index (κ2) is 4.83. The first-order valence-electron chi connectivity index (χ1n) is 5.18. The fourth-order valence-electron chi connectivity index (χ4n) is 1.63. The largest absolute Gasteiger partial charge is 0.383 e. The zero-order valence-electron chi connectivity index (χ0n) is 9.62. The number of pyridine rings is 2. The van der Waals surface area contributed by atoms with Crippen molar-refractivity contribution in [3.8, 4) is 29.6 Å². The highest BCUT2D eigenvalue weighted by Gasteiger charge is 2.19. The molecular formula is C13H6N6. The number of rotatable bonds is 1. The van der Waals surface area contributed by atoms with Crippen molar-refractivity contribution in [1.82, 2.24) is 9.97 Å². The van der Waals surface area contributed by atoms with Crippen LogP contribution in [0, 0.1) is 34.0 Å². The van der Waals surface area contributed by atoms with E-state index in [9.17, 15) is 5.26 Å². The van der Waals surface area contributed by atoms with Crippen molar-refractivity contribution in [2.45, 2.75) is 0 Å². The molecule has 0 aliphatic rings. The number of nitriles is 3. The van der Waals surface area contributed by atoms with Crippen LogP contribution in [0.5, 0.6) is 0 Å². The molecule has 0 fully saturated rings. The first kappa shape index (κ1) is 12.0. The van der Waals surface area contributed by atoms with Gasteiger partial charge in [0.1, 0.15) is 35.3 Å². The van der Waals surface area contributed by atoms with Crippen LogP contribution in [0.4, 0.5) is 5.82 Å². The van der Waals surface area contributed by atoms with E-state index >= 15 is 0 Å². The van der Waals surface area contributed by atoms with Crippen LogP contribution in [0.1, 0.15) is 16.7 Å². The second-order valence-electron chi connectivity index (χ2n) is 3.52. The minimum Gasteiger partial charge on any atom is -0.383 e. The summed E-state index contributed by atoms with van der Waals surface area (Å²) in [6.45, 7) is 0. The van der Waals surface area contributed by atoms with Crippen molar-refractivity contribution >= 4 is 5.82 Å². The van der Waals surface area contributed by atoms with Gasteiger partial charge in [0.25, 0.3) is 0 Å². The number of hydrogen-bond acceptors (Lipinski definition) is 6. The molecule has 2 aromatic rings. The van der Waals surface area contributed by atoms with Crippen LogP contribution in [-0.2, 0) is 0 Å². The molecule has 0 atom stereocenters. The third kappa shape index (κ3) is 1.93. The summed E-state index contributed by atoms with van der Waals surface area (Å²) in [5.74, 6) is -0.0845. The molecule has 6 nitrogen and oxygen atoms in total. The molecule has 2 heterocycles. The zero-order valence-corrected chi connectivity index (χ0v) is 9.62. The quantitative estimate of drug-likeness (QED) is 0.809. The predicted molar refractivity (Wildman–Crippen MR) is 66.0 cm³/mol. The number of hydrogen-bond donors (Lipinski definition) is 1. The Balaban J connectivity index is 2.87. The maximum Gasteiger partial charge on any atom is 0.143 e. The monoisotopic (exact) mass is 246 g/mol. The van der Waals surface area contributed by atoms with Gasteiger partial charge in [-0.2, -0.15) is 15.8 Å². The number of nitrogen functional groups attached to an aromatic ring is 1. The highest BCUT2D eigenvalue weighted by Crippen LogP contribution is 2.27. The fourth-order valence-corrected chi connectivity index (χ4v) is 1.63. The van der Waals surface area contributed by atoms with Crippen LogP contribution >= 0.6 is 0 Å². The summed E-state index contributed by atoms with van der Waals surface area (Å²) in [7, 11) is 0. The zero-order chi connectivity index (χ0) is 13.8. The van der Waals surface area contributed by atoms with Crippen molar-refractivity contribution in [2.75, 3.05) is 5.73 Å². The smallest absolute Gasteiger partial charge is 0.143 e. The normalized spacial score (nSPS) is 9.11. The van der Waals surface area contributed by atoms with E-state index in [1.807, 2.05) is 12.1 Å². The first-order valence-corrected chi connectivity index (χ1v) is 5.18.